The molecule has 0 radical (unpaired) electrons. The Kier molecular flexibility index (Phi) is 4.03. The third-order valence-corrected chi connectivity index (χ3v) is 4.14. The number of halogens is 1. The van der Waals surface area contributed by atoms with E-state index in [2.05, 4.69) is 15.3 Å². The Morgan fingerprint density at radius 3 is 2.56 bits per heavy atom. The van der Waals surface area contributed by atoms with Gasteiger partial charge in [-0.2, -0.15) is 0 Å². The van der Waals surface area contributed by atoms with Gasteiger partial charge in [-0.15, -0.1) is 5.10 Å². The fourth-order valence-corrected chi connectivity index (χ4v) is 2.91. The number of aromatic nitrogens is 5. The summed E-state index contributed by atoms with van der Waals surface area (Å²) in [6, 6.07) is 17.2. The van der Waals surface area contributed by atoms with E-state index in [0.29, 0.717) is 23.8 Å². The SMILES string of the molecule is O=c1c2nnn(Cc3ccccc3)c2ncn1Cc1cccc(Cl)c1. The molecule has 0 aliphatic heterocycles. The molecule has 2 aromatic heterocycles. The third-order valence-electron chi connectivity index (χ3n) is 3.91. The van der Waals surface area contributed by atoms with Gasteiger partial charge in [-0.25, -0.2) is 9.67 Å². The molecule has 0 aliphatic rings. The van der Waals surface area contributed by atoms with Crippen molar-refractivity contribution in [1.29, 1.82) is 0 Å². The molecule has 0 saturated carbocycles. The first-order valence-corrected chi connectivity index (χ1v) is 8.15. The normalized spacial score (nSPS) is 11.1. The molecule has 2 aromatic carbocycles. The van der Waals surface area contributed by atoms with Crippen LogP contribution in [-0.2, 0) is 13.1 Å². The zero-order chi connectivity index (χ0) is 17.2. The standard InChI is InChI=1S/C18H14ClN5O/c19-15-8-4-7-14(9-15)10-23-12-20-17-16(18(23)25)21-22-24(17)11-13-5-2-1-3-6-13/h1-9,12H,10-11H2. The van der Waals surface area contributed by atoms with Crippen molar-refractivity contribution in [3.8, 4) is 0 Å². The van der Waals surface area contributed by atoms with Crippen molar-refractivity contribution in [3.05, 3.63) is 87.4 Å². The molecule has 0 unspecified atom stereocenters. The predicted molar refractivity (Wildman–Crippen MR) is 95.7 cm³/mol. The molecule has 4 rings (SSSR count). The van der Waals surface area contributed by atoms with E-state index in [1.54, 1.807) is 10.7 Å². The molecule has 4 aromatic rings. The van der Waals surface area contributed by atoms with Crippen molar-refractivity contribution in [2.45, 2.75) is 13.1 Å². The van der Waals surface area contributed by atoms with Gasteiger partial charge in [0.1, 0.15) is 6.33 Å². The number of benzene rings is 2. The number of nitrogens with zero attached hydrogens (tertiary/aromatic N) is 5. The zero-order valence-electron chi connectivity index (χ0n) is 13.2. The van der Waals surface area contributed by atoms with Crippen LogP contribution in [0.1, 0.15) is 11.1 Å². The van der Waals surface area contributed by atoms with Crippen LogP contribution in [0, 0.1) is 0 Å². The van der Waals surface area contributed by atoms with Crippen molar-refractivity contribution in [3.63, 3.8) is 0 Å². The molecule has 0 aliphatic carbocycles. The van der Waals surface area contributed by atoms with Crippen LogP contribution in [-0.4, -0.2) is 24.5 Å². The molecule has 25 heavy (non-hydrogen) atoms. The molecular formula is C18H14ClN5O. The Bertz CT molecular complexity index is 1090. The third kappa shape index (κ3) is 3.16. The van der Waals surface area contributed by atoms with E-state index >= 15 is 0 Å². The second-order valence-corrected chi connectivity index (χ2v) is 6.15. The summed E-state index contributed by atoms with van der Waals surface area (Å²) in [4.78, 5) is 17.0. The molecule has 0 saturated heterocycles. The molecule has 6 nitrogen and oxygen atoms in total. The predicted octanol–water partition coefficient (Wildman–Crippen LogP) is 2.74. The van der Waals surface area contributed by atoms with Crippen molar-refractivity contribution in [2.75, 3.05) is 0 Å². The van der Waals surface area contributed by atoms with Crippen molar-refractivity contribution in [2.24, 2.45) is 0 Å². The first-order valence-electron chi connectivity index (χ1n) is 7.78. The van der Waals surface area contributed by atoms with Crippen LogP contribution in [0.3, 0.4) is 0 Å². The summed E-state index contributed by atoms with van der Waals surface area (Å²) in [6.07, 6.45) is 1.52. The highest BCUT2D eigenvalue weighted by molar-refractivity contribution is 6.30. The number of hydrogen-bond donors (Lipinski definition) is 0. The average molecular weight is 352 g/mol. The van der Waals surface area contributed by atoms with Crippen LogP contribution in [0.4, 0.5) is 0 Å². The van der Waals surface area contributed by atoms with E-state index in [-0.39, 0.29) is 11.1 Å². The minimum atomic E-state index is -0.218. The summed E-state index contributed by atoms with van der Waals surface area (Å²) in [6.45, 7) is 0.899. The molecule has 0 fully saturated rings. The van der Waals surface area contributed by atoms with Gasteiger partial charge >= 0.3 is 0 Å². The maximum Gasteiger partial charge on any atom is 0.283 e. The molecule has 0 atom stereocenters. The summed E-state index contributed by atoms with van der Waals surface area (Å²) < 4.78 is 3.14. The lowest BCUT2D eigenvalue weighted by molar-refractivity contribution is 0.663. The van der Waals surface area contributed by atoms with E-state index in [4.69, 9.17) is 11.6 Å². The monoisotopic (exact) mass is 351 g/mol. The van der Waals surface area contributed by atoms with Gasteiger partial charge in [0.15, 0.2) is 11.2 Å². The van der Waals surface area contributed by atoms with Gasteiger partial charge in [-0.3, -0.25) is 9.36 Å². The Balaban J connectivity index is 1.68. The van der Waals surface area contributed by atoms with E-state index < -0.39 is 0 Å². The van der Waals surface area contributed by atoms with Gasteiger partial charge in [-0.1, -0.05) is 59.3 Å². The van der Waals surface area contributed by atoms with Crippen molar-refractivity contribution >= 4 is 22.8 Å². The van der Waals surface area contributed by atoms with Gasteiger partial charge in [0.05, 0.1) is 13.1 Å². The van der Waals surface area contributed by atoms with Crippen LogP contribution in [0.5, 0.6) is 0 Å². The van der Waals surface area contributed by atoms with Crippen molar-refractivity contribution < 1.29 is 0 Å². The quantitative estimate of drug-likeness (QED) is 0.567. The second-order valence-electron chi connectivity index (χ2n) is 5.71. The maximum absolute atomic E-state index is 12.7. The molecule has 2 heterocycles. The summed E-state index contributed by atoms with van der Waals surface area (Å²) in [7, 11) is 0. The summed E-state index contributed by atoms with van der Waals surface area (Å²) in [5.74, 6) is 0. The Labute approximate surface area is 148 Å². The molecule has 0 N–H and O–H groups in total. The van der Waals surface area contributed by atoms with Gasteiger partial charge in [0.25, 0.3) is 5.56 Å². The summed E-state index contributed by atoms with van der Waals surface area (Å²) in [5, 5.41) is 8.74. The lowest BCUT2D eigenvalue weighted by atomic mass is 10.2. The largest absolute Gasteiger partial charge is 0.293 e. The summed E-state index contributed by atoms with van der Waals surface area (Å²) in [5.41, 5.74) is 2.52. The second kappa shape index (κ2) is 6.49. The van der Waals surface area contributed by atoms with Crippen LogP contribution >= 0.6 is 11.6 Å². The van der Waals surface area contributed by atoms with Gasteiger partial charge in [-0.05, 0) is 23.3 Å². The molecule has 0 spiro atoms. The van der Waals surface area contributed by atoms with Crippen LogP contribution in [0.25, 0.3) is 11.2 Å². The van der Waals surface area contributed by atoms with Crippen LogP contribution < -0.4 is 5.56 Å². The first-order chi connectivity index (χ1) is 12.2. The fourth-order valence-electron chi connectivity index (χ4n) is 2.69. The zero-order valence-corrected chi connectivity index (χ0v) is 14.0. The van der Waals surface area contributed by atoms with Gasteiger partial charge in [0.2, 0.25) is 0 Å². The molecule has 7 heteroatoms. The molecular weight excluding hydrogens is 338 g/mol. The van der Waals surface area contributed by atoms with Crippen LogP contribution in [0.2, 0.25) is 5.02 Å². The highest BCUT2D eigenvalue weighted by Crippen LogP contribution is 2.12. The Hall–Kier alpha value is -2.99. The fraction of sp³-hybridized carbons (Fsp3) is 0.111. The van der Waals surface area contributed by atoms with Crippen molar-refractivity contribution in [1.82, 2.24) is 24.5 Å². The van der Waals surface area contributed by atoms with E-state index in [1.807, 2.05) is 48.5 Å². The molecule has 0 amide bonds. The molecule has 0 bridgehead atoms. The van der Waals surface area contributed by atoms with E-state index in [1.165, 1.54) is 10.9 Å². The smallest absolute Gasteiger partial charge is 0.283 e. The minimum Gasteiger partial charge on any atom is -0.293 e. The average Bonchev–Trinajstić information content (AvgIpc) is 3.02. The Morgan fingerprint density at radius 1 is 0.960 bits per heavy atom. The Morgan fingerprint density at radius 2 is 1.76 bits per heavy atom. The van der Waals surface area contributed by atoms with Gasteiger partial charge in [0, 0.05) is 5.02 Å². The van der Waals surface area contributed by atoms with E-state index in [0.717, 1.165) is 11.1 Å². The number of hydrogen-bond acceptors (Lipinski definition) is 4. The highest BCUT2D eigenvalue weighted by Gasteiger charge is 2.12. The first kappa shape index (κ1) is 15.5. The number of rotatable bonds is 4. The molecule has 124 valence electrons. The lowest BCUT2D eigenvalue weighted by Crippen LogP contribution is -2.21. The number of fused-ring (bicyclic) bond motifs is 1. The summed E-state index contributed by atoms with van der Waals surface area (Å²) >= 11 is 6.00. The van der Waals surface area contributed by atoms with Gasteiger partial charge < -0.3 is 0 Å². The highest BCUT2D eigenvalue weighted by atomic mass is 35.5. The minimum absolute atomic E-state index is 0.218. The topological polar surface area (TPSA) is 65.6 Å². The maximum atomic E-state index is 12.7. The lowest BCUT2D eigenvalue weighted by Gasteiger charge is -2.06. The van der Waals surface area contributed by atoms with E-state index in [9.17, 15) is 4.79 Å². The van der Waals surface area contributed by atoms with Crippen LogP contribution in [0.15, 0.2) is 65.7 Å².